The van der Waals surface area contributed by atoms with Crippen molar-refractivity contribution >= 4 is 44.1 Å². The van der Waals surface area contributed by atoms with E-state index in [-0.39, 0.29) is 19.1 Å². The van der Waals surface area contributed by atoms with Crippen LogP contribution in [0.15, 0.2) is 58.4 Å². The Balaban J connectivity index is 1.73. The van der Waals surface area contributed by atoms with Gasteiger partial charge in [0.2, 0.25) is 0 Å². The van der Waals surface area contributed by atoms with Gasteiger partial charge in [0.1, 0.15) is 22.1 Å². The largest absolute Gasteiger partial charge is 0.494 e. The van der Waals surface area contributed by atoms with Crippen molar-refractivity contribution in [3.05, 3.63) is 63.9 Å². The summed E-state index contributed by atoms with van der Waals surface area (Å²) < 4.78 is 17.1. The Morgan fingerprint density at radius 3 is 2.19 bits per heavy atom. The minimum atomic E-state index is -0.482. The molecule has 0 aliphatic rings. The summed E-state index contributed by atoms with van der Waals surface area (Å²) in [6.07, 6.45) is 0. The lowest BCUT2D eigenvalue weighted by Crippen LogP contribution is -2.21. The Bertz CT molecular complexity index is 1030. The minimum absolute atomic E-state index is 0.193. The van der Waals surface area contributed by atoms with Crippen molar-refractivity contribution in [3.63, 3.8) is 0 Å². The number of halogens is 1. The summed E-state index contributed by atoms with van der Waals surface area (Å²) in [5, 5.41) is 5.03. The van der Waals surface area contributed by atoms with Gasteiger partial charge in [-0.25, -0.2) is 4.79 Å². The van der Waals surface area contributed by atoms with Gasteiger partial charge in [-0.1, -0.05) is 28.1 Å². The third-order valence-electron chi connectivity index (χ3n) is 4.18. The van der Waals surface area contributed by atoms with E-state index in [0.717, 1.165) is 15.8 Å². The van der Waals surface area contributed by atoms with Crippen LogP contribution < -0.4 is 14.8 Å². The molecule has 0 saturated heterocycles. The van der Waals surface area contributed by atoms with Crippen molar-refractivity contribution in [3.8, 4) is 22.6 Å². The number of ether oxygens (including phenoxy) is 3. The van der Waals surface area contributed by atoms with E-state index in [2.05, 4.69) is 21.2 Å². The Morgan fingerprint density at radius 1 is 0.935 bits per heavy atom. The predicted molar refractivity (Wildman–Crippen MR) is 125 cm³/mol. The molecule has 2 aromatic carbocycles. The summed E-state index contributed by atoms with van der Waals surface area (Å²) in [5.41, 5.74) is 1.90. The zero-order valence-electron chi connectivity index (χ0n) is 17.1. The first-order valence-corrected chi connectivity index (χ1v) is 11.4. The molecule has 31 heavy (non-hydrogen) atoms. The number of rotatable bonds is 9. The zero-order chi connectivity index (χ0) is 22.2. The summed E-state index contributed by atoms with van der Waals surface area (Å²) >= 11 is 4.68. The summed E-state index contributed by atoms with van der Waals surface area (Å²) in [4.78, 5) is 25.1. The molecule has 162 valence electrons. The second-order valence-electron chi connectivity index (χ2n) is 6.32. The van der Waals surface area contributed by atoms with E-state index in [1.54, 1.807) is 31.2 Å². The number of carbonyl (C=O) groups is 2. The van der Waals surface area contributed by atoms with E-state index in [4.69, 9.17) is 14.2 Å². The van der Waals surface area contributed by atoms with Crippen molar-refractivity contribution in [2.45, 2.75) is 13.8 Å². The molecule has 0 radical (unpaired) electrons. The highest BCUT2D eigenvalue weighted by atomic mass is 79.9. The maximum Gasteiger partial charge on any atom is 0.341 e. The van der Waals surface area contributed by atoms with Gasteiger partial charge in [-0.3, -0.25) is 4.79 Å². The molecule has 1 aromatic heterocycles. The monoisotopic (exact) mass is 503 g/mol. The van der Waals surface area contributed by atoms with E-state index < -0.39 is 5.97 Å². The van der Waals surface area contributed by atoms with Crippen molar-refractivity contribution in [1.82, 2.24) is 0 Å². The molecule has 0 atom stereocenters. The highest BCUT2D eigenvalue weighted by Crippen LogP contribution is 2.36. The number of anilines is 1. The maximum atomic E-state index is 12.6. The molecule has 0 spiro atoms. The summed E-state index contributed by atoms with van der Waals surface area (Å²) in [7, 11) is 0. The van der Waals surface area contributed by atoms with Crippen LogP contribution in [0, 0.1) is 0 Å². The van der Waals surface area contributed by atoms with Gasteiger partial charge >= 0.3 is 5.97 Å². The second-order valence-corrected chi connectivity index (χ2v) is 8.12. The molecular weight excluding hydrogens is 482 g/mol. The van der Waals surface area contributed by atoms with Crippen molar-refractivity contribution in [1.29, 1.82) is 0 Å². The summed E-state index contributed by atoms with van der Waals surface area (Å²) in [6, 6.07) is 14.6. The van der Waals surface area contributed by atoms with Gasteiger partial charge in [0.05, 0.1) is 13.2 Å². The number of thiophene rings is 1. The van der Waals surface area contributed by atoms with Crippen LogP contribution >= 0.6 is 27.3 Å². The molecule has 0 unspecified atom stereocenters. The summed E-state index contributed by atoms with van der Waals surface area (Å²) in [5.74, 6) is 0.427. The van der Waals surface area contributed by atoms with Gasteiger partial charge in [0, 0.05) is 15.4 Å². The molecule has 0 saturated carbocycles. The van der Waals surface area contributed by atoms with Crippen molar-refractivity contribution in [2.24, 2.45) is 0 Å². The smallest absolute Gasteiger partial charge is 0.341 e. The Morgan fingerprint density at radius 2 is 1.58 bits per heavy atom. The van der Waals surface area contributed by atoms with E-state index in [1.165, 1.54) is 11.3 Å². The number of amides is 1. The van der Waals surface area contributed by atoms with Crippen LogP contribution in [0.2, 0.25) is 0 Å². The quantitative estimate of drug-likeness (QED) is 0.375. The Kier molecular flexibility index (Phi) is 8.08. The third kappa shape index (κ3) is 6.08. The highest BCUT2D eigenvalue weighted by molar-refractivity contribution is 9.10. The van der Waals surface area contributed by atoms with Crippen LogP contribution in [0.4, 0.5) is 5.00 Å². The highest BCUT2D eigenvalue weighted by Gasteiger charge is 2.23. The number of hydrogen-bond donors (Lipinski definition) is 1. The molecule has 6 nitrogen and oxygen atoms in total. The van der Waals surface area contributed by atoms with Gasteiger partial charge < -0.3 is 19.5 Å². The number of hydrogen-bond acceptors (Lipinski definition) is 6. The van der Waals surface area contributed by atoms with Gasteiger partial charge in [-0.05, 0) is 55.8 Å². The maximum absolute atomic E-state index is 12.6. The van der Waals surface area contributed by atoms with Crippen LogP contribution in [0.3, 0.4) is 0 Å². The Labute approximate surface area is 193 Å². The van der Waals surface area contributed by atoms with E-state index in [1.807, 2.05) is 36.6 Å². The minimum Gasteiger partial charge on any atom is -0.494 e. The topological polar surface area (TPSA) is 73.9 Å². The second kappa shape index (κ2) is 11.0. The lowest BCUT2D eigenvalue weighted by atomic mass is 10.0. The molecule has 3 rings (SSSR count). The SMILES string of the molecule is CCOC(=O)c1c(-c2ccc(Br)cc2)csc1NC(=O)COc1ccc(OCC)cc1. The predicted octanol–water partition coefficient (Wildman–Crippen LogP) is 5.77. The molecule has 1 amide bonds. The van der Waals surface area contributed by atoms with E-state index in [9.17, 15) is 9.59 Å². The average molecular weight is 504 g/mol. The number of benzene rings is 2. The lowest BCUT2D eigenvalue weighted by molar-refractivity contribution is -0.118. The van der Waals surface area contributed by atoms with Gasteiger partial charge in [-0.15, -0.1) is 11.3 Å². The Hall–Kier alpha value is -2.84. The van der Waals surface area contributed by atoms with E-state index in [0.29, 0.717) is 28.5 Å². The molecule has 0 bridgehead atoms. The molecular formula is C23H22BrNO5S. The first-order chi connectivity index (χ1) is 15.0. The zero-order valence-corrected chi connectivity index (χ0v) is 19.5. The van der Waals surface area contributed by atoms with Gasteiger partial charge in [0.25, 0.3) is 5.91 Å². The molecule has 1 N–H and O–H groups in total. The fourth-order valence-electron chi connectivity index (χ4n) is 2.81. The number of carbonyl (C=O) groups excluding carboxylic acids is 2. The molecule has 0 aliphatic carbocycles. The fraction of sp³-hybridized carbons (Fsp3) is 0.217. The average Bonchev–Trinajstić information content (AvgIpc) is 3.17. The first kappa shape index (κ1) is 22.8. The standard InChI is InChI=1S/C23H22BrNO5S/c1-3-28-17-9-11-18(12-10-17)30-13-20(26)25-22-21(23(27)29-4-2)19(14-31-22)15-5-7-16(24)8-6-15/h5-12,14H,3-4,13H2,1-2H3,(H,25,26). The number of esters is 1. The van der Waals surface area contributed by atoms with Crippen LogP contribution in [0.25, 0.3) is 11.1 Å². The summed E-state index contributed by atoms with van der Waals surface area (Å²) in [6.45, 7) is 4.28. The van der Waals surface area contributed by atoms with Gasteiger partial charge in [0.15, 0.2) is 6.61 Å². The normalized spacial score (nSPS) is 10.4. The van der Waals surface area contributed by atoms with Crippen LogP contribution in [0.1, 0.15) is 24.2 Å². The van der Waals surface area contributed by atoms with E-state index >= 15 is 0 Å². The molecule has 8 heteroatoms. The van der Waals surface area contributed by atoms with Gasteiger partial charge in [-0.2, -0.15) is 0 Å². The van der Waals surface area contributed by atoms with Crippen LogP contribution in [-0.2, 0) is 9.53 Å². The molecule has 1 heterocycles. The first-order valence-electron chi connectivity index (χ1n) is 9.71. The molecule has 3 aromatic rings. The molecule has 0 aliphatic heterocycles. The van der Waals surface area contributed by atoms with Crippen molar-refractivity contribution < 1.29 is 23.8 Å². The van der Waals surface area contributed by atoms with Crippen LogP contribution in [0.5, 0.6) is 11.5 Å². The van der Waals surface area contributed by atoms with Crippen LogP contribution in [-0.4, -0.2) is 31.7 Å². The van der Waals surface area contributed by atoms with Crippen molar-refractivity contribution in [2.75, 3.05) is 25.1 Å². The molecule has 0 fully saturated rings. The fourth-order valence-corrected chi connectivity index (χ4v) is 4.05. The lowest BCUT2D eigenvalue weighted by Gasteiger charge is -2.10. The third-order valence-corrected chi connectivity index (χ3v) is 5.61. The number of nitrogens with one attached hydrogen (secondary N) is 1.